The minimum absolute atomic E-state index is 0.0468. The molecule has 0 saturated carbocycles. The summed E-state index contributed by atoms with van der Waals surface area (Å²) < 4.78 is 46.1. The van der Waals surface area contributed by atoms with E-state index >= 15 is 0 Å². The summed E-state index contributed by atoms with van der Waals surface area (Å²) in [5, 5.41) is 2.33. The summed E-state index contributed by atoms with van der Waals surface area (Å²) in [5.74, 6) is -2.27. The number of hydrogen-bond donors (Lipinski definition) is 2. The van der Waals surface area contributed by atoms with E-state index in [0.717, 1.165) is 6.07 Å². The summed E-state index contributed by atoms with van der Waals surface area (Å²) in [6.07, 6.45) is -1.25. The Morgan fingerprint density at radius 3 is 2.38 bits per heavy atom. The number of hydrogen-bond acceptors (Lipinski definition) is 5. The second-order valence-electron chi connectivity index (χ2n) is 6.43. The van der Waals surface area contributed by atoms with Gasteiger partial charge in [0.15, 0.2) is 6.10 Å². The highest BCUT2D eigenvalue weighted by Gasteiger charge is 2.24. The number of anilines is 1. The maximum Gasteiger partial charge on any atom is 0.340 e. The van der Waals surface area contributed by atoms with Crippen molar-refractivity contribution in [3.05, 3.63) is 58.3 Å². The topological polar surface area (TPSA) is 102 Å². The van der Waals surface area contributed by atoms with Crippen LogP contribution in [0.15, 0.2) is 51.8 Å². The first kappa shape index (κ1) is 23.0. The molecule has 0 radical (unpaired) electrons. The van der Waals surface area contributed by atoms with E-state index < -0.39 is 33.8 Å². The van der Waals surface area contributed by atoms with E-state index in [-0.39, 0.29) is 22.2 Å². The number of esters is 1. The molecule has 156 valence electrons. The molecule has 0 aliphatic rings. The molecule has 0 aliphatic carbocycles. The Kier molecular flexibility index (Phi) is 7.50. The average molecular weight is 487 g/mol. The van der Waals surface area contributed by atoms with Gasteiger partial charge in [0.1, 0.15) is 5.82 Å². The van der Waals surface area contributed by atoms with Crippen molar-refractivity contribution in [2.24, 2.45) is 0 Å². The molecule has 29 heavy (non-hydrogen) atoms. The molecule has 2 aromatic carbocycles. The molecule has 0 unspecified atom stereocenters. The number of carbonyl (C=O) groups is 2. The standard InChI is InChI=1S/C19H20BrFN2O5S/c1-11(2)23-29(26,27)13-8-9-15(20)14(10-13)19(25)28-12(3)18(24)22-17-7-5-4-6-16(17)21/h4-12,23H,1-3H3,(H,22,24)/t12-/m0/s1. The van der Waals surface area contributed by atoms with E-state index in [1.165, 1.54) is 37.3 Å². The van der Waals surface area contributed by atoms with Crippen molar-refractivity contribution >= 4 is 43.5 Å². The first-order chi connectivity index (χ1) is 13.5. The van der Waals surface area contributed by atoms with Crippen molar-refractivity contribution in [3.8, 4) is 0 Å². The van der Waals surface area contributed by atoms with Crippen LogP contribution in [-0.2, 0) is 19.6 Å². The van der Waals surface area contributed by atoms with E-state index in [1.54, 1.807) is 19.9 Å². The zero-order chi connectivity index (χ0) is 21.8. The van der Waals surface area contributed by atoms with Crippen LogP contribution in [0.1, 0.15) is 31.1 Å². The van der Waals surface area contributed by atoms with Crippen molar-refractivity contribution in [3.63, 3.8) is 0 Å². The van der Waals surface area contributed by atoms with Gasteiger partial charge in [-0.1, -0.05) is 12.1 Å². The first-order valence-corrected chi connectivity index (χ1v) is 10.9. The fraction of sp³-hybridized carbons (Fsp3) is 0.263. The second-order valence-corrected chi connectivity index (χ2v) is 9.00. The normalized spacial score (nSPS) is 12.5. The van der Waals surface area contributed by atoms with E-state index in [9.17, 15) is 22.4 Å². The number of para-hydroxylation sites is 1. The number of carbonyl (C=O) groups excluding carboxylic acids is 2. The van der Waals surface area contributed by atoms with E-state index in [4.69, 9.17) is 4.74 Å². The molecular weight excluding hydrogens is 467 g/mol. The number of benzene rings is 2. The van der Waals surface area contributed by atoms with Crippen molar-refractivity contribution < 1.29 is 27.1 Å². The van der Waals surface area contributed by atoms with Gasteiger partial charge in [-0.3, -0.25) is 4.79 Å². The molecule has 2 aromatic rings. The number of ether oxygens (including phenoxy) is 1. The summed E-state index contributed by atoms with van der Waals surface area (Å²) >= 11 is 3.17. The zero-order valence-corrected chi connectivity index (χ0v) is 18.3. The number of sulfonamides is 1. The minimum atomic E-state index is -3.82. The lowest BCUT2D eigenvalue weighted by atomic mass is 10.2. The largest absolute Gasteiger partial charge is 0.449 e. The van der Waals surface area contributed by atoms with Gasteiger partial charge in [0.2, 0.25) is 10.0 Å². The molecule has 2 N–H and O–H groups in total. The van der Waals surface area contributed by atoms with Gasteiger partial charge in [-0.05, 0) is 67.0 Å². The van der Waals surface area contributed by atoms with Crippen molar-refractivity contribution in [2.75, 3.05) is 5.32 Å². The van der Waals surface area contributed by atoms with E-state index in [1.807, 2.05) is 0 Å². The Morgan fingerprint density at radius 1 is 1.10 bits per heavy atom. The number of amides is 1. The molecular formula is C19H20BrFN2O5S. The lowest BCUT2D eigenvalue weighted by Crippen LogP contribution is -2.31. The Bertz CT molecular complexity index is 1030. The first-order valence-electron chi connectivity index (χ1n) is 8.59. The average Bonchev–Trinajstić information content (AvgIpc) is 2.62. The molecule has 0 spiro atoms. The van der Waals surface area contributed by atoms with Crippen LogP contribution >= 0.6 is 15.9 Å². The smallest absolute Gasteiger partial charge is 0.340 e. The van der Waals surface area contributed by atoms with Gasteiger partial charge < -0.3 is 10.1 Å². The van der Waals surface area contributed by atoms with Crippen molar-refractivity contribution in [1.82, 2.24) is 4.72 Å². The van der Waals surface area contributed by atoms with Gasteiger partial charge in [-0.25, -0.2) is 22.3 Å². The molecule has 7 nitrogen and oxygen atoms in total. The maximum atomic E-state index is 13.6. The number of nitrogens with one attached hydrogen (secondary N) is 2. The van der Waals surface area contributed by atoms with Gasteiger partial charge in [-0.2, -0.15) is 0 Å². The third kappa shape index (κ3) is 6.09. The fourth-order valence-electron chi connectivity index (χ4n) is 2.28. The predicted molar refractivity (Wildman–Crippen MR) is 110 cm³/mol. The maximum absolute atomic E-state index is 13.6. The van der Waals surface area contributed by atoms with Crippen LogP contribution in [0.25, 0.3) is 0 Å². The third-order valence-corrected chi connectivity index (χ3v) is 5.99. The van der Waals surface area contributed by atoms with Crippen LogP contribution in [0.3, 0.4) is 0 Å². The highest BCUT2D eigenvalue weighted by atomic mass is 79.9. The summed E-state index contributed by atoms with van der Waals surface area (Å²) in [5.41, 5.74) is -0.114. The Hall–Kier alpha value is -2.30. The molecule has 1 atom stereocenters. The van der Waals surface area contributed by atoms with Crippen LogP contribution in [0.5, 0.6) is 0 Å². The molecule has 0 fully saturated rings. The van der Waals surface area contributed by atoms with Gasteiger partial charge >= 0.3 is 5.97 Å². The van der Waals surface area contributed by atoms with E-state index in [0.29, 0.717) is 4.47 Å². The minimum Gasteiger partial charge on any atom is -0.449 e. The molecule has 0 saturated heterocycles. The highest BCUT2D eigenvalue weighted by Crippen LogP contribution is 2.23. The van der Waals surface area contributed by atoms with Gasteiger partial charge in [0.25, 0.3) is 5.91 Å². The van der Waals surface area contributed by atoms with Gasteiger partial charge in [0.05, 0.1) is 16.1 Å². The highest BCUT2D eigenvalue weighted by molar-refractivity contribution is 9.10. The SMILES string of the molecule is CC(C)NS(=O)(=O)c1ccc(Br)c(C(=O)O[C@@H](C)C(=O)Nc2ccccc2F)c1. The third-order valence-electron chi connectivity index (χ3n) is 3.64. The van der Waals surface area contributed by atoms with Gasteiger partial charge in [0, 0.05) is 10.5 Å². The zero-order valence-electron chi connectivity index (χ0n) is 15.9. The molecule has 10 heteroatoms. The van der Waals surface area contributed by atoms with Crippen LogP contribution < -0.4 is 10.0 Å². The van der Waals surface area contributed by atoms with Gasteiger partial charge in [-0.15, -0.1) is 0 Å². The molecule has 0 bridgehead atoms. The fourth-order valence-corrected chi connectivity index (χ4v) is 3.97. The van der Waals surface area contributed by atoms with Crippen LogP contribution in [0.2, 0.25) is 0 Å². The summed E-state index contributed by atoms with van der Waals surface area (Å²) in [4.78, 5) is 24.6. The predicted octanol–water partition coefficient (Wildman–Crippen LogP) is 3.46. The molecule has 1 amide bonds. The number of halogens is 2. The van der Waals surface area contributed by atoms with Crippen molar-refractivity contribution in [1.29, 1.82) is 0 Å². The quantitative estimate of drug-likeness (QED) is 0.583. The Morgan fingerprint density at radius 2 is 1.76 bits per heavy atom. The van der Waals surface area contributed by atoms with Crippen molar-refractivity contribution in [2.45, 2.75) is 37.8 Å². The van der Waals surface area contributed by atoms with Crippen LogP contribution in [0.4, 0.5) is 10.1 Å². The van der Waals surface area contributed by atoms with Crippen LogP contribution in [0, 0.1) is 5.82 Å². The second kappa shape index (κ2) is 9.47. The summed E-state index contributed by atoms with van der Waals surface area (Å²) in [7, 11) is -3.82. The molecule has 0 aliphatic heterocycles. The molecule has 0 aromatic heterocycles. The number of rotatable bonds is 7. The monoisotopic (exact) mass is 486 g/mol. The van der Waals surface area contributed by atoms with E-state index in [2.05, 4.69) is 26.0 Å². The Balaban J connectivity index is 2.16. The summed E-state index contributed by atoms with van der Waals surface area (Å²) in [6, 6.07) is 9.12. The Labute approximate surface area is 176 Å². The lowest BCUT2D eigenvalue weighted by molar-refractivity contribution is -0.123. The van der Waals surface area contributed by atoms with Crippen LogP contribution in [-0.4, -0.2) is 32.4 Å². The molecule has 2 rings (SSSR count). The lowest BCUT2D eigenvalue weighted by Gasteiger charge is -2.15. The summed E-state index contributed by atoms with van der Waals surface area (Å²) in [6.45, 7) is 4.66. The molecule has 0 heterocycles.